The number of phenols is 1. The maximum atomic E-state index is 15.2. The van der Waals surface area contributed by atoms with Crippen LogP contribution in [0.25, 0.3) is 0 Å². The van der Waals surface area contributed by atoms with Gasteiger partial charge in [0.05, 0.1) is 11.8 Å². The van der Waals surface area contributed by atoms with Gasteiger partial charge in [0.15, 0.2) is 33.0 Å². The molecule has 2 aliphatic heterocycles. The maximum absolute atomic E-state index is 15.2. The minimum absolute atomic E-state index is 0.00255. The van der Waals surface area contributed by atoms with Gasteiger partial charge in [0.1, 0.15) is 23.8 Å². The third-order valence-corrected chi connectivity index (χ3v) is 11.7. The number of aromatic hydroxyl groups is 1. The van der Waals surface area contributed by atoms with E-state index in [2.05, 4.69) is 0 Å². The molecule has 0 radical (unpaired) electrons. The molecule has 266 valence electrons. The van der Waals surface area contributed by atoms with Gasteiger partial charge in [-0.25, -0.2) is 26.9 Å². The van der Waals surface area contributed by atoms with Crippen molar-refractivity contribution in [2.75, 3.05) is 11.4 Å². The van der Waals surface area contributed by atoms with E-state index in [0.717, 1.165) is 10.5 Å². The number of amides is 4. The van der Waals surface area contributed by atoms with E-state index in [1.807, 2.05) is 18.2 Å². The summed E-state index contributed by atoms with van der Waals surface area (Å²) in [5, 5.41) is 11.5. The molecule has 4 amide bonds. The fraction of sp³-hybridized carbons (Fsp3) is 0.333. The number of benzene rings is 3. The minimum Gasteiger partial charge on any atom is -0.508 e. The van der Waals surface area contributed by atoms with Crippen LogP contribution < -0.4 is 9.64 Å². The van der Waals surface area contributed by atoms with Crippen LogP contribution in [-0.4, -0.2) is 49.9 Å². The Morgan fingerprint density at radius 2 is 1.51 bits per heavy atom. The molecule has 0 spiro atoms. The van der Waals surface area contributed by atoms with E-state index in [0.29, 0.717) is 6.42 Å². The lowest BCUT2D eigenvalue weighted by molar-refractivity contribution is -0.140. The number of carbonyl (C=O) groups is 4. The van der Waals surface area contributed by atoms with Crippen molar-refractivity contribution in [2.45, 2.75) is 48.5 Å². The molecule has 3 aromatic rings. The highest BCUT2D eigenvalue weighted by atomic mass is 35.5. The molecule has 2 saturated heterocycles. The van der Waals surface area contributed by atoms with Crippen molar-refractivity contribution < 1.29 is 51.0 Å². The molecular weight excluding hydrogens is 722 g/mol. The fourth-order valence-electron chi connectivity index (χ4n) is 8.02. The van der Waals surface area contributed by atoms with Gasteiger partial charge < -0.3 is 9.84 Å². The van der Waals surface area contributed by atoms with E-state index in [1.165, 1.54) is 18.2 Å². The van der Waals surface area contributed by atoms with Crippen LogP contribution in [0.5, 0.6) is 11.5 Å². The molecule has 4 aliphatic rings. The number of imide groups is 2. The van der Waals surface area contributed by atoms with Crippen LogP contribution in [0.2, 0.25) is 0 Å². The zero-order chi connectivity index (χ0) is 36.7. The van der Waals surface area contributed by atoms with Crippen molar-refractivity contribution in [3.05, 3.63) is 100 Å². The van der Waals surface area contributed by atoms with Gasteiger partial charge in [0.25, 0.3) is 11.8 Å². The third-order valence-electron chi connectivity index (χ3n) is 10.3. The van der Waals surface area contributed by atoms with Gasteiger partial charge in [-0.3, -0.25) is 24.1 Å². The first-order valence-corrected chi connectivity index (χ1v) is 16.8. The standard InChI is InChI=1S/C36H27Cl2F5N2O6/c1-2-12-44-31(47)20-11-10-18-21(23(20)32(44)48)14-35(37)33(49)45(30-28(42)26(40)25(39)27(41)29(30)43)34(50)36(35,38)24(18)19-9-8-17(13-22(19)46)51-15-16-6-4-3-5-7-16/h3-10,13,20-21,23-24,46H,2,11-12,14-15H2,1H3. The summed E-state index contributed by atoms with van der Waals surface area (Å²) in [6.07, 6.45) is 1.39. The Morgan fingerprint density at radius 3 is 2.14 bits per heavy atom. The number of nitrogens with zero attached hydrogens (tertiary/aromatic N) is 2. The monoisotopic (exact) mass is 748 g/mol. The van der Waals surface area contributed by atoms with Crippen LogP contribution in [0, 0.1) is 46.8 Å². The van der Waals surface area contributed by atoms with Crippen molar-refractivity contribution >= 4 is 52.5 Å². The van der Waals surface area contributed by atoms with E-state index in [-0.39, 0.29) is 41.4 Å². The highest BCUT2D eigenvalue weighted by Crippen LogP contribution is 2.66. The number of halogens is 7. The highest BCUT2D eigenvalue weighted by molar-refractivity contribution is 6.58. The Morgan fingerprint density at radius 1 is 0.863 bits per heavy atom. The first-order valence-electron chi connectivity index (χ1n) is 16.0. The van der Waals surface area contributed by atoms with Gasteiger partial charge in [-0.2, -0.15) is 0 Å². The average Bonchev–Trinajstić information content (AvgIpc) is 3.44. The highest BCUT2D eigenvalue weighted by Gasteiger charge is 2.77. The number of hydrogen-bond donors (Lipinski definition) is 1. The molecule has 51 heavy (non-hydrogen) atoms. The van der Waals surface area contributed by atoms with E-state index in [9.17, 15) is 37.5 Å². The maximum Gasteiger partial charge on any atom is 0.258 e. The van der Waals surface area contributed by atoms with Gasteiger partial charge in [0, 0.05) is 24.1 Å². The molecule has 7 rings (SSSR count). The smallest absolute Gasteiger partial charge is 0.258 e. The quantitative estimate of drug-likeness (QED) is 0.0726. The molecule has 0 aromatic heterocycles. The van der Waals surface area contributed by atoms with Gasteiger partial charge in [-0.1, -0.05) is 55.0 Å². The number of carbonyl (C=O) groups excluding carboxylic acids is 4. The summed E-state index contributed by atoms with van der Waals surface area (Å²) in [5.74, 6) is -21.5. The molecule has 6 unspecified atom stereocenters. The molecule has 3 aromatic carbocycles. The number of fused-ring (bicyclic) bond motifs is 4. The number of hydrogen-bond acceptors (Lipinski definition) is 6. The zero-order valence-electron chi connectivity index (χ0n) is 26.6. The summed E-state index contributed by atoms with van der Waals surface area (Å²) >= 11 is 14.2. The summed E-state index contributed by atoms with van der Waals surface area (Å²) in [4.78, 5) is 51.3. The van der Waals surface area contributed by atoms with E-state index < -0.39 is 104 Å². The predicted molar refractivity (Wildman–Crippen MR) is 172 cm³/mol. The van der Waals surface area contributed by atoms with Crippen LogP contribution in [0.4, 0.5) is 27.6 Å². The Hall–Kier alpha value is -4.49. The first-order chi connectivity index (χ1) is 24.2. The van der Waals surface area contributed by atoms with Crippen LogP contribution in [0.15, 0.2) is 60.2 Å². The molecule has 15 heteroatoms. The van der Waals surface area contributed by atoms with E-state index in [4.69, 9.17) is 27.9 Å². The summed E-state index contributed by atoms with van der Waals surface area (Å²) in [5.41, 5.74) is -0.949. The number of alkyl halides is 2. The average molecular weight is 750 g/mol. The van der Waals surface area contributed by atoms with Crippen molar-refractivity contribution in [1.29, 1.82) is 0 Å². The zero-order valence-corrected chi connectivity index (χ0v) is 28.1. The summed E-state index contributed by atoms with van der Waals surface area (Å²) < 4.78 is 79.2. The SMILES string of the molecule is CCCN1C(=O)C2CC=C3C(CC4(Cl)C(=O)N(c5c(F)c(F)c(F)c(F)c5F)C(=O)C4(Cl)C3c3ccc(OCc4ccccc4)cc3O)C2C1=O. The fourth-order valence-corrected chi connectivity index (χ4v) is 8.95. The number of allylic oxidation sites excluding steroid dienone is 2. The molecule has 8 nitrogen and oxygen atoms in total. The van der Waals surface area contributed by atoms with Crippen LogP contribution in [-0.2, 0) is 25.8 Å². The molecule has 2 aliphatic carbocycles. The lowest BCUT2D eigenvalue weighted by Crippen LogP contribution is -2.60. The van der Waals surface area contributed by atoms with Gasteiger partial charge >= 0.3 is 0 Å². The lowest BCUT2D eigenvalue weighted by Gasteiger charge is -2.50. The summed E-state index contributed by atoms with van der Waals surface area (Å²) in [7, 11) is 0. The number of likely N-dealkylation sites (tertiary alicyclic amines) is 1. The van der Waals surface area contributed by atoms with E-state index in [1.54, 1.807) is 25.1 Å². The second kappa shape index (κ2) is 12.3. The Labute approximate surface area is 297 Å². The minimum atomic E-state index is -2.75. The number of phenolic OH excluding ortho intramolecular Hbond substituents is 1. The van der Waals surface area contributed by atoms with Crippen LogP contribution >= 0.6 is 23.2 Å². The number of ether oxygens (including phenoxy) is 1. The molecule has 1 N–H and O–H groups in total. The largest absolute Gasteiger partial charge is 0.508 e. The van der Waals surface area contributed by atoms with E-state index >= 15 is 8.78 Å². The molecule has 2 heterocycles. The Kier molecular flexibility index (Phi) is 8.45. The van der Waals surface area contributed by atoms with Crippen molar-refractivity contribution in [3.63, 3.8) is 0 Å². The van der Waals surface area contributed by atoms with Crippen LogP contribution in [0.3, 0.4) is 0 Å². The predicted octanol–water partition coefficient (Wildman–Crippen LogP) is 6.64. The number of rotatable bonds is 7. The van der Waals surface area contributed by atoms with Crippen LogP contribution in [0.1, 0.15) is 43.2 Å². The number of anilines is 1. The molecule has 6 atom stereocenters. The Bertz CT molecular complexity index is 2040. The Balaban J connectivity index is 1.39. The second-order valence-electron chi connectivity index (χ2n) is 13.0. The summed E-state index contributed by atoms with van der Waals surface area (Å²) in [6, 6.07) is 13.0. The van der Waals surface area contributed by atoms with Crippen molar-refractivity contribution in [3.8, 4) is 11.5 Å². The topological polar surface area (TPSA) is 104 Å². The summed E-state index contributed by atoms with van der Waals surface area (Å²) in [6.45, 7) is 1.99. The van der Waals surface area contributed by atoms with Gasteiger partial charge in [-0.15, -0.1) is 23.2 Å². The normalized spacial score (nSPS) is 28.5. The van der Waals surface area contributed by atoms with Gasteiger partial charge in [-0.05, 0) is 36.8 Å². The lowest BCUT2D eigenvalue weighted by atomic mass is 9.56. The molecule has 0 bridgehead atoms. The van der Waals surface area contributed by atoms with Crippen molar-refractivity contribution in [2.24, 2.45) is 17.8 Å². The molecule has 3 fully saturated rings. The second-order valence-corrected chi connectivity index (χ2v) is 14.3. The first kappa shape index (κ1) is 34.9. The van der Waals surface area contributed by atoms with Gasteiger partial charge in [0.2, 0.25) is 17.6 Å². The third kappa shape index (κ3) is 4.83. The molecular formula is C36H27Cl2F5N2O6. The van der Waals surface area contributed by atoms with Crippen molar-refractivity contribution in [1.82, 2.24) is 4.90 Å². The molecule has 1 saturated carbocycles.